The molecule has 0 atom stereocenters. The van der Waals surface area contributed by atoms with Gasteiger partial charge in [0.1, 0.15) is 0 Å². The van der Waals surface area contributed by atoms with Gasteiger partial charge in [-0.3, -0.25) is 0 Å². The van der Waals surface area contributed by atoms with E-state index in [1.807, 2.05) is 0 Å². The molecule has 11 aromatic rings. The van der Waals surface area contributed by atoms with E-state index < -0.39 is 0 Å². The molecule has 0 fully saturated rings. The van der Waals surface area contributed by atoms with E-state index in [9.17, 15) is 0 Å². The first-order valence-electron chi connectivity index (χ1n) is 17.3. The molecule has 0 aliphatic rings. The van der Waals surface area contributed by atoms with Crippen LogP contribution >= 0.6 is 0 Å². The lowest BCUT2D eigenvalue weighted by atomic mass is 9.93. The molecule has 0 saturated heterocycles. The molecule has 11 rings (SSSR count). The van der Waals surface area contributed by atoms with E-state index in [4.69, 9.17) is 0 Å². The molecule has 9 aromatic carbocycles. The number of aromatic nitrogens is 2. The highest BCUT2D eigenvalue weighted by Crippen LogP contribution is 2.42. The number of fused-ring (bicyclic) bond motifs is 12. The van der Waals surface area contributed by atoms with Crippen LogP contribution in [0.1, 0.15) is 0 Å². The van der Waals surface area contributed by atoms with Crippen molar-refractivity contribution in [2.24, 2.45) is 0 Å². The van der Waals surface area contributed by atoms with Crippen LogP contribution in [0.15, 0.2) is 182 Å². The quantitative estimate of drug-likeness (QED) is 0.171. The summed E-state index contributed by atoms with van der Waals surface area (Å²) in [6, 6.07) is 66.7. The van der Waals surface area contributed by atoms with Crippen molar-refractivity contribution in [1.82, 2.24) is 9.13 Å². The number of para-hydroxylation sites is 3. The zero-order valence-corrected chi connectivity index (χ0v) is 27.2. The Morgan fingerprint density at radius 2 is 0.680 bits per heavy atom. The number of benzene rings is 9. The molecule has 0 radical (unpaired) electrons. The van der Waals surface area contributed by atoms with Crippen LogP contribution in [0, 0.1) is 0 Å². The van der Waals surface area contributed by atoms with Gasteiger partial charge in [-0.05, 0) is 92.7 Å². The summed E-state index contributed by atoms with van der Waals surface area (Å²) >= 11 is 0. The molecule has 50 heavy (non-hydrogen) atoms. The molecule has 232 valence electrons. The van der Waals surface area contributed by atoms with Gasteiger partial charge >= 0.3 is 0 Å². The predicted molar refractivity (Wildman–Crippen MR) is 213 cm³/mol. The molecule has 0 saturated carbocycles. The van der Waals surface area contributed by atoms with Gasteiger partial charge in [-0.15, -0.1) is 0 Å². The second-order valence-electron chi connectivity index (χ2n) is 13.3. The second-order valence-corrected chi connectivity index (χ2v) is 13.3. The fourth-order valence-corrected chi connectivity index (χ4v) is 8.54. The smallest absolute Gasteiger partial charge is 0.0547 e. The Bertz CT molecular complexity index is 3100. The van der Waals surface area contributed by atoms with Gasteiger partial charge in [-0.1, -0.05) is 127 Å². The maximum Gasteiger partial charge on any atom is 0.0547 e. The van der Waals surface area contributed by atoms with Crippen LogP contribution in [-0.2, 0) is 0 Å². The van der Waals surface area contributed by atoms with Crippen LogP contribution in [0.25, 0.3) is 98.4 Å². The summed E-state index contributed by atoms with van der Waals surface area (Å²) in [5, 5.41) is 12.8. The molecule has 0 amide bonds. The largest absolute Gasteiger partial charge is 0.309 e. The lowest BCUT2D eigenvalue weighted by Gasteiger charge is -2.16. The second kappa shape index (κ2) is 10.4. The average Bonchev–Trinajstić information content (AvgIpc) is 3.70. The van der Waals surface area contributed by atoms with E-state index in [-0.39, 0.29) is 0 Å². The van der Waals surface area contributed by atoms with Gasteiger partial charge in [0.2, 0.25) is 0 Å². The summed E-state index contributed by atoms with van der Waals surface area (Å²) in [6.07, 6.45) is 0. The maximum absolute atomic E-state index is 2.48. The first-order chi connectivity index (χ1) is 24.8. The lowest BCUT2D eigenvalue weighted by molar-refractivity contribution is 1.18. The number of nitrogens with zero attached hydrogens (tertiary/aromatic N) is 2. The minimum absolute atomic E-state index is 1.18. The third kappa shape index (κ3) is 3.79. The van der Waals surface area contributed by atoms with Gasteiger partial charge < -0.3 is 9.13 Å². The van der Waals surface area contributed by atoms with Gasteiger partial charge in [-0.25, -0.2) is 0 Å². The van der Waals surface area contributed by atoms with E-state index in [0.717, 1.165) is 0 Å². The minimum Gasteiger partial charge on any atom is -0.309 e. The van der Waals surface area contributed by atoms with Crippen molar-refractivity contribution in [2.45, 2.75) is 0 Å². The Hall–Kier alpha value is -6.64. The number of rotatable bonds is 3. The fourth-order valence-electron chi connectivity index (χ4n) is 8.54. The van der Waals surface area contributed by atoms with Crippen molar-refractivity contribution < 1.29 is 0 Å². The number of hydrogen-bond acceptors (Lipinski definition) is 0. The van der Waals surface area contributed by atoms with Crippen molar-refractivity contribution in [3.05, 3.63) is 182 Å². The van der Waals surface area contributed by atoms with E-state index in [1.54, 1.807) is 0 Å². The van der Waals surface area contributed by atoms with Gasteiger partial charge in [0.25, 0.3) is 0 Å². The molecule has 2 nitrogen and oxygen atoms in total. The first kappa shape index (κ1) is 27.3. The topological polar surface area (TPSA) is 9.86 Å². The molecular weight excluding hydrogens is 605 g/mol. The first-order valence-corrected chi connectivity index (χ1v) is 17.3. The van der Waals surface area contributed by atoms with Gasteiger partial charge in [0.05, 0.1) is 27.8 Å². The normalized spacial score (nSPS) is 12.0. The van der Waals surface area contributed by atoms with Crippen LogP contribution in [0.3, 0.4) is 0 Å². The third-order valence-corrected chi connectivity index (χ3v) is 10.7. The average molecular weight is 635 g/mol. The van der Waals surface area contributed by atoms with Crippen LogP contribution in [0.2, 0.25) is 0 Å². The number of hydrogen-bond donors (Lipinski definition) is 0. The van der Waals surface area contributed by atoms with E-state index in [2.05, 4.69) is 191 Å². The maximum atomic E-state index is 2.48. The Morgan fingerprint density at radius 3 is 1.28 bits per heavy atom. The molecule has 0 aliphatic heterocycles. The standard InChI is InChI=1S/C48H30N2/c1-2-13-33(14-3-1)49-43-22-10-8-18-37(43)41-29-31(25-27-45(41)49)32-26-28-46-42(30-32)38-19-9-11-23-44(38)50(46)47-24-12-21-40-36-16-5-4-15-34(36)35-17-6-7-20-39(35)48(40)47/h1-30H. The molecule has 0 unspecified atom stereocenters. The van der Waals surface area contributed by atoms with Crippen molar-refractivity contribution in [2.75, 3.05) is 0 Å². The summed E-state index contributed by atoms with van der Waals surface area (Å²) in [5.41, 5.74) is 9.68. The van der Waals surface area contributed by atoms with Crippen LogP contribution < -0.4 is 0 Å². The molecule has 0 aliphatic carbocycles. The van der Waals surface area contributed by atoms with Gasteiger partial charge in [0.15, 0.2) is 0 Å². The van der Waals surface area contributed by atoms with Gasteiger partial charge in [0, 0.05) is 32.6 Å². The summed E-state index contributed by atoms with van der Waals surface area (Å²) < 4.78 is 4.86. The molecule has 0 bridgehead atoms. The summed E-state index contributed by atoms with van der Waals surface area (Å²) in [7, 11) is 0. The zero-order chi connectivity index (χ0) is 32.8. The SMILES string of the molecule is c1ccc(-n2c3ccccc3c3cc(-c4ccc5c(c4)c4ccccc4n5-c4cccc5c6ccccc6c6ccccc6c45)ccc32)cc1. The zero-order valence-electron chi connectivity index (χ0n) is 27.2. The van der Waals surface area contributed by atoms with Crippen LogP contribution in [-0.4, -0.2) is 9.13 Å². The fraction of sp³-hybridized carbons (Fsp3) is 0. The van der Waals surface area contributed by atoms with E-state index in [0.29, 0.717) is 0 Å². The Morgan fingerprint density at radius 1 is 0.260 bits per heavy atom. The van der Waals surface area contributed by atoms with Crippen molar-refractivity contribution in [1.29, 1.82) is 0 Å². The van der Waals surface area contributed by atoms with Crippen LogP contribution in [0.5, 0.6) is 0 Å². The molecule has 0 N–H and O–H groups in total. The Balaban J connectivity index is 1.17. The monoisotopic (exact) mass is 634 g/mol. The third-order valence-electron chi connectivity index (χ3n) is 10.7. The Kier molecular flexibility index (Phi) is 5.70. The highest BCUT2D eigenvalue weighted by Gasteiger charge is 2.19. The molecular formula is C48H30N2. The molecule has 2 aromatic heterocycles. The van der Waals surface area contributed by atoms with Gasteiger partial charge in [-0.2, -0.15) is 0 Å². The molecule has 0 spiro atoms. The summed E-state index contributed by atoms with van der Waals surface area (Å²) in [4.78, 5) is 0. The summed E-state index contributed by atoms with van der Waals surface area (Å²) in [6.45, 7) is 0. The molecule has 2 heteroatoms. The Labute approximate surface area is 288 Å². The minimum atomic E-state index is 1.18. The highest BCUT2D eigenvalue weighted by molar-refractivity contribution is 6.28. The van der Waals surface area contributed by atoms with E-state index in [1.165, 1.54) is 98.4 Å². The predicted octanol–water partition coefficient (Wildman–Crippen LogP) is 13.0. The van der Waals surface area contributed by atoms with Crippen molar-refractivity contribution in [3.63, 3.8) is 0 Å². The lowest BCUT2D eigenvalue weighted by Crippen LogP contribution is -1.96. The van der Waals surface area contributed by atoms with Crippen molar-refractivity contribution in [3.8, 4) is 22.5 Å². The van der Waals surface area contributed by atoms with E-state index >= 15 is 0 Å². The van der Waals surface area contributed by atoms with Crippen molar-refractivity contribution >= 4 is 75.9 Å². The summed E-state index contributed by atoms with van der Waals surface area (Å²) in [5.74, 6) is 0. The highest BCUT2D eigenvalue weighted by atomic mass is 15.0. The van der Waals surface area contributed by atoms with Crippen LogP contribution in [0.4, 0.5) is 0 Å². The molecule has 2 heterocycles.